The molecule has 4 aromatic rings. The number of amides is 1. The van der Waals surface area contributed by atoms with Gasteiger partial charge in [0.15, 0.2) is 0 Å². The summed E-state index contributed by atoms with van der Waals surface area (Å²) >= 11 is 1.58. The number of rotatable bonds is 3. The molecule has 0 spiro atoms. The summed E-state index contributed by atoms with van der Waals surface area (Å²) in [6, 6.07) is 17.5. The highest BCUT2D eigenvalue weighted by Crippen LogP contribution is 2.33. The zero-order chi connectivity index (χ0) is 21.5. The number of aryl methyl sites for hydroxylation is 1. The Morgan fingerprint density at radius 1 is 1.00 bits per heavy atom. The number of nitrogens with zero attached hydrogens (tertiary/aromatic N) is 4. The van der Waals surface area contributed by atoms with Crippen molar-refractivity contribution >= 4 is 43.1 Å². The van der Waals surface area contributed by atoms with Crippen molar-refractivity contribution in [3.63, 3.8) is 0 Å². The van der Waals surface area contributed by atoms with Gasteiger partial charge >= 0.3 is 0 Å². The summed E-state index contributed by atoms with van der Waals surface area (Å²) in [5.41, 5.74) is 1.76. The third-order valence-corrected chi connectivity index (χ3v) is 7.32. The van der Waals surface area contributed by atoms with Gasteiger partial charge < -0.3 is 9.80 Å². The van der Waals surface area contributed by atoms with Crippen LogP contribution >= 0.6 is 11.3 Å². The molecule has 1 amide bonds. The fraction of sp³-hybridized carbons (Fsp3) is 0.292. The third kappa shape index (κ3) is 3.39. The van der Waals surface area contributed by atoms with Crippen molar-refractivity contribution in [1.29, 1.82) is 0 Å². The van der Waals surface area contributed by atoms with Crippen LogP contribution in [0.3, 0.4) is 0 Å². The summed E-state index contributed by atoms with van der Waals surface area (Å²) in [5.74, 6) is -0.0550. The normalized spacial score (nSPS) is 15.5. The van der Waals surface area contributed by atoms with Gasteiger partial charge in [-0.2, -0.15) is 5.10 Å². The van der Waals surface area contributed by atoms with Crippen LogP contribution in [0.15, 0.2) is 59.4 Å². The summed E-state index contributed by atoms with van der Waals surface area (Å²) < 4.78 is 3.34. The van der Waals surface area contributed by atoms with Gasteiger partial charge in [-0.25, -0.2) is 4.68 Å². The van der Waals surface area contributed by atoms with E-state index in [9.17, 15) is 9.59 Å². The third-order valence-electron chi connectivity index (χ3n) is 6.04. The van der Waals surface area contributed by atoms with Crippen LogP contribution in [0.4, 0.5) is 5.69 Å². The molecule has 2 aromatic heterocycles. The minimum atomic E-state index is -0.641. The fourth-order valence-electron chi connectivity index (χ4n) is 4.33. The van der Waals surface area contributed by atoms with Gasteiger partial charge in [-0.15, -0.1) is 11.3 Å². The van der Waals surface area contributed by atoms with E-state index in [2.05, 4.69) is 22.1 Å². The number of hydrogen-bond acceptors (Lipinski definition) is 5. The fourth-order valence-corrected chi connectivity index (χ4v) is 5.47. The number of hydrogen-bond donors (Lipinski definition) is 0. The molecule has 0 aliphatic carbocycles. The molecule has 31 heavy (non-hydrogen) atoms. The van der Waals surface area contributed by atoms with Crippen LogP contribution in [0.2, 0.25) is 0 Å². The number of para-hydroxylation sites is 1. The monoisotopic (exact) mass is 432 g/mol. The van der Waals surface area contributed by atoms with Crippen LogP contribution in [0.1, 0.15) is 18.7 Å². The second-order valence-electron chi connectivity index (χ2n) is 7.96. The second kappa shape index (κ2) is 7.81. The highest BCUT2D eigenvalue weighted by Gasteiger charge is 2.28. The van der Waals surface area contributed by atoms with Gasteiger partial charge in [-0.1, -0.05) is 36.4 Å². The number of anilines is 1. The van der Waals surface area contributed by atoms with Crippen molar-refractivity contribution in [2.75, 3.05) is 31.1 Å². The molecule has 2 aromatic carbocycles. The van der Waals surface area contributed by atoms with Gasteiger partial charge in [0.25, 0.3) is 5.56 Å². The molecule has 3 heterocycles. The lowest BCUT2D eigenvalue weighted by Gasteiger charge is -2.37. The highest BCUT2D eigenvalue weighted by molar-refractivity contribution is 7.26. The summed E-state index contributed by atoms with van der Waals surface area (Å²) in [7, 11) is 0. The molecule has 1 aliphatic heterocycles. The Bertz CT molecular complexity index is 1320. The van der Waals surface area contributed by atoms with E-state index in [4.69, 9.17) is 0 Å². The van der Waals surface area contributed by atoms with E-state index in [-0.39, 0.29) is 11.5 Å². The first-order valence-electron chi connectivity index (χ1n) is 10.5. The number of piperazine rings is 1. The van der Waals surface area contributed by atoms with Gasteiger partial charge in [-0.05, 0) is 32.0 Å². The predicted octanol–water partition coefficient (Wildman–Crippen LogP) is 3.83. The van der Waals surface area contributed by atoms with E-state index >= 15 is 0 Å². The van der Waals surface area contributed by atoms with E-state index in [0.717, 1.165) is 33.6 Å². The topological polar surface area (TPSA) is 58.4 Å². The molecule has 158 valence electrons. The Morgan fingerprint density at radius 3 is 2.42 bits per heavy atom. The first kappa shape index (κ1) is 19.8. The van der Waals surface area contributed by atoms with Crippen molar-refractivity contribution in [3.8, 4) is 0 Å². The van der Waals surface area contributed by atoms with Crippen molar-refractivity contribution in [3.05, 3.63) is 70.6 Å². The summed E-state index contributed by atoms with van der Waals surface area (Å²) in [6.45, 7) is 6.50. The first-order valence-corrected chi connectivity index (χ1v) is 11.4. The van der Waals surface area contributed by atoms with Crippen LogP contribution in [0, 0.1) is 6.92 Å². The van der Waals surface area contributed by atoms with Crippen molar-refractivity contribution < 1.29 is 4.79 Å². The Hall–Kier alpha value is -3.19. The van der Waals surface area contributed by atoms with E-state index in [1.807, 2.05) is 54.3 Å². The lowest BCUT2D eigenvalue weighted by molar-refractivity contribution is -0.135. The van der Waals surface area contributed by atoms with E-state index < -0.39 is 6.04 Å². The molecule has 1 aliphatic rings. The molecular weight excluding hydrogens is 408 g/mol. The lowest BCUT2D eigenvalue weighted by atomic mass is 10.1. The Kier molecular flexibility index (Phi) is 4.98. The SMILES string of the molecule is Cc1nn([C@H](C)C(=O)N2CCN(c3ccccc3)CC2)c(=O)c2c1sc1ccccc12. The maximum Gasteiger partial charge on any atom is 0.276 e. The molecule has 7 heteroatoms. The number of aromatic nitrogens is 2. The molecule has 1 fully saturated rings. The largest absolute Gasteiger partial charge is 0.368 e. The summed E-state index contributed by atoms with van der Waals surface area (Å²) in [5, 5.41) is 6.13. The van der Waals surface area contributed by atoms with Crippen LogP contribution in [-0.4, -0.2) is 46.8 Å². The molecule has 1 saturated heterocycles. The van der Waals surface area contributed by atoms with Gasteiger partial charge in [0.2, 0.25) is 5.91 Å². The van der Waals surface area contributed by atoms with Crippen LogP contribution < -0.4 is 10.5 Å². The minimum Gasteiger partial charge on any atom is -0.368 e. The number of carbonyl (C=O) groups is 1. The maximum absolute atomic E-state index is 13.3. The zero-order valence-electron chi connectivity index (χ0n) is 17.6. The average Bonchev–Trinajstić information content (AvgIpc) is 3.22. The molecular formula is C24H24N4O2S. The summed E-state index contributed by atoms with van der Waals surface area (Å²) in [6.07, 6.45) is 0. The summed E-state index contributed by atoms with van der Waals surface area (Å²) in [4.78, 5) is 30.7. The zero-order valence-corrected chi connectivity index (χ0v) is 18.4. The van der Waals surface area contributed by atoms with E-state index in [1.165, 1.54) is 10.4 Å². The number of thiophene rings is 1. The van der Waals surface area contributed by atoms with E-state index in [0.29, 0.717) is 18.5 Å². The quantitative estimate of drug-likeness (QED) is 0.494. The molecule has 0 unspecified atom stereocenters. The maximum atomic E-state index is 13.3. The van der Waals surface area contributed by atoms with Crippen molar-refractivity contribution in [1.82, 2.24) is 14.7 Å². The Balaban J connectivity index is 1.42. The number of fused-ring (bicyclic) bond motifs is 3. The molecule has 0 saturated carbocycles. The Morgan fingerprint density at radius 2 is 1.68 bits per heavy atom. The van der Waals surface area contributed by atoms with Crippen molar-refractivity contribution in [2.24, 2.45) is 0 Å². The highest BCUT2D eigenvalue weighted by atomic mass is 32.1. The Labute approximate surface area is 184 Å². The molecule has 0 radical (unpaired) electrons. The molecule has 5 rings (SSSR count). The second-order valence-corrected chi connectivity index (χ2v) is 9.01. The standard InChI is InChI=1S/C24H24N4O2S/c1-16-22-21(19-10-6-7-11-20(19)31-22)24(30)28(25-16)17(2)23(29)27-14-12-26(13-15-27)18-8-4-3-5-9-18/h3-11,17H,12-15H2,1-2H3/t17-/m1/s1. The van der Waals surface area contributed by atoms with Crippen LogP contribution in [0.25, 0.3) is 20.2 Å². The molecule has 6 nitrogen and oxygen atoms in total. The first-order chi connectivity index (χ1) is 15.0. The van der Waals surface area contributed by atoms with Gasteiger partial charge in [0.1, 0.15) is 6.04 Å². The van der Waals surface area contributed by atoms with Gasteiger partial charge in [0, 0.05) is 42.0 Å². The number of benzene rings is 2. The average molecular weight is 433 g/mol. The minimum absolute atomic E-state index is 0.0550. The lowest BCUT2D eigenvalue weighted by Crippen LogP contribution is -2.51. The number of carbonyl (C=O) groups excluding carboxylic acids is 1. The van der Waals surface area contributed by atoms with Crippen LogP contribution in [-0.2, 0) is 4.79 Å². The molecule has 0 N–H and O–H groups in total. The smallest absolute Gasteiger partial charge is 0.276 e. The van der Waals surface area contributed by atoms with E-state index in [1.54, 1.807) is 18.3 Å². The van der Waals surface area contributed by atoms with Gasteiger partial charge in [0.05, 0.1) is 15.8 Å². The van der Waals surface area contributed by atoms with Gasteiger partial charge in [-0.3, -0.25) is 9.59 Å². The molecule has 0 bridgehead atoms. The van der Waals surface area contributed by atoms with Crippen LogP contribution in [0.5, 0.6) is 0 Å². The molecule has 1 atom stereocenters. The predicted molar refractivity (Wildman–Crippen MR) is 126 cm³/mol. The van der Waals surface area contributed by atoms with Crippen molar-refractivity contribution in [2.45, 2.75) is 19.9 Å².